The molecular weight excluding hydrogens is 293 g/mol. The number of hydrogen-bond acceptors (Lipinski definition) is 3. The Bertz CT molecular complexity index is 578. The molecule has 0 unspecified atom stereocenters. The average Bonchev–Trinajstić information content (AvgIpc) is 2.47. The van der Waals surface area contributed by atoms with Gasteiger partial charge in [0.05, 0.1) is 7.11 Å². The van der Waals surface area contributed by atoms with E-state index in [-0.39, 0.29) is 24.8 Å². The Kier molecular flexibility index (Phi) is 6.99. The Hall–Kier alpha value is -1.78. The van der Waals surface area contributed by atoms with Crippen LogP contribution in [0, 0.1) is 5.82 Å². The number of rotatable bonds is 6. The highest BCUT2D eigenvalue weighted by Crippen LogP contribution is 2.31. The van der Waals surface area contributed by atoms with E-state index < -0.39 is 0 Å². The van der Waals surface area contributed by atoms with Crippen molar-refractivity contribution in [2.24, 2.45) is 0 Å². The molecule has 0 atom stereocenters. The van der Waals surface area contributed by atoms with Crippen LogP contribution in [0.25, 0.3) is 0 Å². The zero-order valence-corrected chi connectivity index (χ0v) is 12.9. The molecule has 0 bridgehead atoms. The molecule has 0 saturated carbocycles. The van der Waals surface area contributed by atoms with Gasteiger partial charge in [-0.2, -0.15) is 0 Å². The second-order valence-electron chi connectivity index (χ2n) is 4.36. The van der Waals surface area contributed by atoms with Crippen molar-refractivity contribution >= 4 is 12.4 Å². The molecule has 2 rings (SSSR count). The van der Waals surface area contributed by atoms with Crippen LogP contribution in [0.1, 0.15) is 11.1 Å². The van der Waals surface area contributed by atoms with E-state index >= 15 is 0 Å². The lowest BCUT2D eigenvalue weighted by Gasteiger charge is -2.15. The smallest absolute Gasteiger partial charge is 0.166 e. The van der Waals surface area contributed by atoms with E-state index in [1.54, 1.807) is 25.3 Å². The van der Waals surface area contributed by atoms with Crippen LogP contribution >= 0.6 is 12.4 Å². The van der Waals surface area contributed by atoms with Gasteiger partial charge in [-0.3, -0.25) is 0 Å². The van der Waals surface area contributed by atoms with Crippen LogP contribution in [0.3, 0.4) is 0 Å². The van der Waals surface area contributed by atoms with Crippen molar-refractivity contribution in [1.29, 1.82) is 0 Å². The van der Waals surface area contributed by atoms with Crippen LogP contribution in [0.2, 0.25) is 0 Å². The number of halogens is 2. The molecule has 0 aliphatic carbocycles. The minimum Gasteiger partial charge on any atom is -0.493 e. The summed E-state index contributed by atoms with van der Waals surface area (Å²) < 4.78 is 24.7. The lowest BCUT2D eigenvalue weighted by atomic mass is 10.1. The highest BCUT2D eigenvalue weighted by molar-refractivity contribution is 5.85. The summed E-state index contributed by atoms with van der Waals surface area (Å²) in [6.07, 6.45) is 0. The van der Waals surface area contributed by atoms with Gasteiger partial charge in [0, 0.05) is 17.7 Å². The van der Waals surface area contributed by atoms with Gasteiger partial charge < -0.3 is 14.8 Å². The molecule has 0 amide bonds. The highest BCUT2D eigenvalue weighted by Gasteiger charge is 2.11. The molecule has 5 heteroatoms. The first-order chi connectivity index (χ1) is 9.76. The molecule has 0 fully saturated rings. The maximum Gasteiger partial charge on any atom is 0.166 e. The topological polar surface area (TPSA) is 30.5 Å². The molecule has 3 nitrogen and oxygen atoms in total. The van der Waals surface area contributed by atoms with Crippen LogP contribution in [0.15, 0.2) is 42.5 Å². The van der Waals surface area contributed by atoms with Crippen molar-refractivity contribution in [3.8, 4) is 11.5 Å². The molecule has 0 heterocycles. The van der Waals surface area contributed by atoms with E-state index in [0.29, 0.717) is 23.6 Å². The first kappa shape index (κ1) is 17.3. The Morgan fingerprint density at radius 1 is 1.05 bits per heavy atom. The third-order valence-electron chi connectivity index (χ3n) is 2.98. The molecule has 114 valence electrons. The van der Waals surface area contributed by atoms with Crippen LogP contribution in [0.5, 0.6) is 11.5 Å². The second kappa shape index (κ2) is 8.49. The molecule has 0 aliphatic rings. The Morgan fingerprint density at radius 3 is 2.43 bits per heavy atom. The van der Waals surface area contributed by atoms with E-state index in [1.807, 2.05) is 25.2 Å². The highest BCUT2D eigenvalue weighted by atomic mass is 35.5. The minimum absolute atomic E-state index is 0. The SMILES string of the molecule is CNCc1cccc(OC)c1OCc1ccccc1F.Cl. The molecule has 2 aromatic rings. The third kappa shape index (κ3) is 4.34. The number of benzene rings is 2. The minimum atomic E-state index is -0.266. The summed E-state index contributed by atoms with van der Waals surface area (Å²) in [4.78, 5) is 0. The fourth-order valence-corrected chi connectivity index (χ4v) is 1.98. The van der Waals surface area contributed by atoms with Gasteiger partial charge in [-0.25, -0.2) is 4.39 Å². The quantitative estimate of drug-likeness (QED) is 0.885. The van der Waals surface area contributed by atoms with Gasteiger partial charge >= 0.3 is 0 Å². The summed E-state index contributed by atoms with van der Waals surface area (Å²) >= 11 is 0. The zero-order chi connectivity index (χ0) is 14.4. The number of ether oxygens (including phenoxy) is 2. The molecular formula is C16H19ClFNO2. The summed E-state index contributed by atoms with van der Waals surface area (Å²) in [5, 5.41) is 3.08. The zero-order valence-electron chi connectivity index (χ0n) is 12.1. The van der Waals surface area contributed by atoms with Crippen LogP contribution < -0.4 is 14.8 Å². The third-order valence-corrected chi connectivity index (χ3v) is 2.98. The van der Waals surface area contributed by atoms with Gasteiger partial charge in [-0.1, -0.05) is 30.3 Å². The van der Waals surface area contributed by atoms with Gasteiger partial charge in [-0.05, 0) is 19.2 Å². The summed E-state index contributed by atoms with van der Waals surface area (Å²) in [5.74, 6) is 1.03. The fourth-order valence-electron chi connectivity index (χ4n) is 1.98. The van der Waals surface area contributed by atoms with Crippen LogP contribution in [0.4, 0.5) is 4.39 Å². The number of hydrogen-bond donors (Lipinski definition) is 1. The van der Waals surface area contributed by atoms with E-state index in [0.717, 1.165) is 5.56 Å². The molecule has 0 aliphatic heterocycles. The summed E-state index contributed by atoms with van der Waals surface area (Å²) in [6, 6.07) is 12.3. The van der Waals surface area contributed by atoms with Gasteiger partial charge in [0.2, 0.25) is 0 Å². The van der Waals surface area contributed by atoms with Crippen molar-refractivity contribution in [2.45, 2.75) is 13.2 Å². The lowest BCUT2D eigenvalue weighted by molar-refractivity contribution is 0.276. The van der Waals surface area contributed by atoms with Crippen LogP contribution in [-0.2, 0) is 13.2 Å². The predicted octanol–water partition coefficient (Wildman–Crippen LogP) is 3.55. The molecule has 2 aromatic carbocycles. The molecule has 0 saturated heterocycles. The summed E-state index contributed by atoms with van der Waals surface area (Å²) in [5.41, 5.74) is 1.50. The standard InChI is InChI=1S/C16H18FNO2.ClH/c1-18-10-12-7-5-9-15(19-2)16(12)20-11-13-6-3-4-8-14(13)17;/h3-9,18H,10-11H2,1-2H3;1H. The molecule has 21 heavy (non-hydrogen) atoms. The normalized spacial score (nSPS) is 9.86. The first-order valence-electron chi connectivity index (χ1n) is 6.43. The molecule has 0 aromatic heterocycles. The number of methoxy groups -OCH3 is 1. The molecule has 0 radical (unpaired) electrons. The molecule has 0 spiro atoms. The van der Waals surface area contributed by atoms with Crippen molar-refractivity contribution in [3.63, 3.8) is 0 Å². The van der Waals surface area contributed by atoms with E-state index in [1.165, 1.54) is 6.07 Å². The Labute approximate surface area is 130 Å². The van der Waals surface area contributed by atoms with Gasteiger partial charge in [0.1, 0.15) is 12.4 Å². The fraction of sp³-hybridized carbons (Fsp3) is 0.250. The van der Waals surface area contributed by atoms with Crippen molar-refractivity contribution in [1.82, 2.24) is 5.32 Å². The largest absolute Gasteiger partial charge is 0.493 e. The van der Waals surface area contributed by atoms with Crippen molar-refractivity contribution in [3.05, 3.63) is 59.4 Å². The number of para-hydroxylation sites is 1. The van der Waals surface area contributed by atoms with Gasteiger partial charge in [0.25, 0.3) is 0 Å². The summed E-state index contributed by atoms with van der Waals surface area (Å²) in [6.45, 7) is 0.827. The van der Waals surface area contributed by atoms with E-state index in [9.17, 15) is 4.39 Å². The van der Waals surface area contributed by atoms with Gasteiger partial charge in [0.15, 0.2) is 11.5 Å². The average molecular weight is 312 g/mol. The number of nitrogens with one attached hydrogen (secondary N) is 1. The van der Waals surface area contributed by atoms with Gasteiger partial charge in [-0.15, -0.1) is 12.4 Å². The summed E-state index contributed by atoms with van der Waals surface area (Å²) in [7, 11) is 3.45. The lowest BCUT2D eigenvalue weighted by Crippen LogP contribution is -2.09. The van der Waals surface area contributed by atoms with Crippen molar-refractivity contribution in [2.75, 3.05) is 14.2 Å². The van der Waals surface area contributed by atoms with Crippen LogP contribution in [-0.4, -0.2) is 14.2 Å². The Morgan fingerprint density at radius 2 is 1.76 bits per heavy atom. The van der Waals surface area contributed by atoms with E-state index in [2.05, 4.69) is 5.32 Å². The maximum absolute atomic E-state index is 13.6. The Balaban J connectivity index is 0.00000220. The second-order valence-corrected chi connectivity index (χ2v) is 4.36. The molecule has 1 N–H and O–H groups in total. The predicted molar refractivity (Wildman–Crippen MR) is 83.7 cm³/mol. The maximum atomic E-state index is 13.6. The first-order valence-corrected chi connectivity index (χ1v) is 6.43. The van der Waals surface area contributed by atoms with Crippen molar-refractivity contribution < 1.29 is 13.9 Å². The monoisotopic (exact) mass is 311 g/mol. The van der Waals surface area contributed by atoms with E-state index in [4.69, 9.17) is 9.47 Å².